The number of unbranched alkanes of at least 4 members (excludes halogenated alkanes) is 2. The van der Waals surface area contributed by atoms with Gasteiger partial charge in [0.25, 0.3) is 5.56 Å². The highest BCUT2D eigenvalue weighted by atomic mass is 35.5. The number of fused-ring (bicyclic) bond motifs is 1. The average Bonchev–Trinajstić information content (AvgIpc) is 2.76. The number of aryl methyl sites for hydroxylation is 1. The summed E-state index contributed by atoms with van der Waals surface area (Å²) < 4.78 is 1.75. The number of rotatable bonds is 7. The van der Waals surface area contributed by atoms with Crippen LogP contribution in [0.4, 0.5) is 11.6 Å². The van der Waals surface area contributed by atoms with Gasteiger partial charge in [0, 0.05) is 40.0 Å². The lowest BCUT2D eigenvalue weighted by Gasteiger charge is -2.14. The van der Waals surface area contributed by atoms with E-state index >= 15 is 0 Å². The van der Waals surface area contributed by atoms with E-state index in [2.05, 4.69) is 22.2 Å². The van der Waals surface area contributed by atoms with Crippen LogP contribution in [0.25, 0.3) is 22.2 Å². The predicted octanol–water partition coefficient (Wildman–Crippen LogP) is 6.05. The molecule has 4 rings (SSSR count). The summed E-state index contributed by atoms with van der Waals surface area (Å²) in [4.78, 5) is 22.6. The van der Waals surface area contributed by atoms with E-state index in [0.29, 0.717) is 28.7 Å². The number of pyridine rings is 1. The minimum atomic E-state index is -0.0870. The van der Waals surface area contributed by atoms with Crippen molar-refractivity contribution in [3.05, 3.63) is 82.2 Å². The van der Waals surface area contributed by atoms with Crippen molar-refractivity contribution in [3.63, 3.8) is 0 Å². The van der Waals surface area contributed by atoms with Crippen LogP contribution in [-0.2, 0) is 6.54 Å². The van der Waals surface area contributed by atoms with E-state index in [4.69, 9.17) is 11.6 Å². The normalized spacial score (nSPS) is 11.0. The number of nitrogens with zero attached hydrogens (tertiary/aromatic N) is 3. The van der Waals surface area contributed by atoms with Crippen molar-refractivity contribution in [3.8, 4) is 11.1 Å². The molecule has 0 aliphatic carbocycles. The van der Waals surface area contributed by atoms with E-state index in [-0.39, 0.29) is 5.56 Å². The first-order valence-corrected chi connectivity index (χ1v) is 10.5. The minimum absolute atomic E-state index is 0.0870. The first kappa shape index (κ1) is 20.1. The number of nitrogens with one attached hydrogen (secondary N) is 1. The molecule has 0 radical (unpaired) electrons. The summed E-state index contributed by atoms with van der Waals surface area (Å²) in [6, 6.07) is 19.0. The van der Waals surface area contributed by atoms with Crippen LogP contribution < -0.4 is 10.9 Å². The molecule has 0 unspecified atom stereocenters. The monoisotopic (exact) mass is 418 g/mol. The second-order valence-electron chi connectivity index (χ2n) is 7.17. The molecule has 2 aromatic carbocycles. The molecule has 0 aliphatic heterocycles. The molecule has 0 atom stereocenters. The van der Waals surface area contributed by atoms with Crippen molar-refractivity contribution in [1.29, 1.82) is 0 Å². The second kappa shape index (κ2) is 9.09. The third-order valence-electron chi connectivity index (χ3n) is 5.01. The summed E-state index contributed by atoms with van der Waals surface area (Å²) in [6.07, 6.45) is 4.78. The van der Waals surface area contributed by atoms with Gasteiger partial charge in [-0.05, 0) is 30.7 Å². The fourth-order valence-corrected chi connectivity index (χ4v) is 3.71. The molecule has 0 saturated heterocycles. The van der Waals surface area contributed by atoms with Gasteiger partial charge >= 0.3 is 0 Å². The Hall–Kier alpha value is -3.18. The zero-order chi connectivity index (χ0) is 20.9. The first-order valence-electron chi connectivity index (χ1n) is 10.1. The number of hydrogen-bond donors (Lipinski definition) is 1. The SMILES string of the molecule is CCCCCn1c(=O)c(-c2ccccc2Cl)cc2cnc(Nc3ccccc3)nc21. The van der Waals surface area contributed by atoms with Crippen LogP contribution in [0.2, 0.25) is 5.02 Å². The molecule has 0 amide bonds. The van der Waals surface area contributed by atoms with Gasteiger partial charge in [-0.1, -0.05) is 67.8 Å². The van der Waals surface area contributed by atoms with Crippen LogP contribution in [0, 0.1) is 0 Å². The largest absolute Gasteiger partial charge is 0.324 e. The van der Waals surface area contributed by atoms with Gasteiger partial charge in [0.1, 0.15) is 5.65 Å². The molecule has 0 fully saturated rings. The van der Waals surface area contributed by atoms with E-state index in [0.717, 1.165) is 35.9 Å². The Morgan fingerprint density at radius 1 is 1.00 bits per heavy atom. The molecular formula is C24H23ClN4O. The summed E-state index contributed by atoms with van der Waals surface area (Å²) in [6.45, 7) is 2.74. The van der Waals surface area contributed by atoms with Gasteiger partial charge in [0.2, 0.25) is 5.95 Å². The maximum absolute atomic E-state index is 13.4. The molecule has 30 heavy (non-hydrogen) atoms. The van der Waals surface area contributed by atoms with Crippen molar-refractivity contribution < 1.29 is 0 Å². The maximum Gasteiger partial charge on any atom is 0.260 e. The van der Waals surface area contributed by atoms with Gasteiger partial charge in [0.15, 0.2) is 0 Å². The Bertz CT molecular complexity index is 1220. The van der Waals surface area contributed by atoms with Crippen molar-refractivity contribution in [2.75, 3.05) is 5.32 Å². The molecule has 4 aromatic rings. The van der Waals surface area contributed by atoms with Crippen molar-refractivity contribution in [1.82, 2.24) is 14.5 Å². The van der Waals surface area contributed by atoms with Crippen LogP contribution >= 0.6 is 11.6 Å². The van der Waals surface area contributed by atoms with Gasteiger partial charge in [-0.15, -0.1) is 0 Å². The van der Waals surface area contributed by atoms with Gasteiger partial charge in [0.05, 0.1) is 0 Å². The van der Waals surface area contributed by atoms with Crippen molar-refractivity contribution in [2.24, 2.45) is 0 Å². The van der Waals surface area contributed by atoms with E-state index in [1.165, 1.54) is 0 Å². The van der Waals surface area contributed by atoms with Crippen molar-refractivity contribution in [2.45, 2.75) is 32.7 Å². The standard InChI is InChI=1S/C24H23ClN4O/c1-2-3-9-14-29-22-17(15-20(23(29)30)19-12-7-8-13-21(19)25)16-26-24(28-22)27-18-10-5-4-6-11-18/h4-8,10-13,15-16H,2-3,9,14H2,1H3,(H,26,27,28). The zero-order valence-electron chi connectivity index (χ0n) is 16.8. The molecular weight excluding hydrogens is 396 g/mol. The third kappa shape index (κ3) is 4.21. The fourth-order valence-electron chi connectivity index (χ4n) is 3.47. The number of para-hydroxylation sites is 1. The zero-order valence-corrected chi connectivity index (χ0v) is 17.6. The highest BCUT2D eigenvalue weighted by Crippen LogP contribution is 2.27. The van der Waals surface area contributed by atoms with Crippen LogP contribution in [0.5, 0.6) is 0 Å². The summed E-state index contributed by atoms with van der Waals surface area (Å²) in [7, 11) is 0. The lowest BCUT2D eigenvalue weighted by Crippen LogP contribution is -2.23. The fraction of sp³-hybridized carbons (Fsp3) is 0.208. The highest BCUT2D eigenvalue weighted by molar-refractivity contribution is 6.33. The third-order valence-corrected chi connectivity index (χ3v) is 5.34. The van der Waals surface area contributed by atoms with Gasteiger partial charge in [-0.2, -0.15) is 4.98 Å². The van der Waals surface area contributed by atoms with Crippen LogP contribution in [-0.4, -0.2) is 14.5 Å². The van der Waals surface area contributed by atoms with Crippen LogP contribution in [0.1, 0.15) is 26.2 Å². The predicted molar refractivity (Wildman–Crippen MR) is 123 cm³/mol. The molecule has 0 spiro atoms. The van der Waals surface area contributed by atoms with E-state index in [9.17, 15) is 4.79 Å². The van der Waals surface area contributed by atoms with Crippen LogP contribution in [0.15, 0.2) is 71.7 Å². The maximum atomic E-state index is 13.4. The number of halogens is 1. The van der Waals surface area contributed by atoms with Gasteiger partial charge in [-0.3, -0.25) is 9.36 Å². The van der Waals surface area contributed by atoms with Crippen molar-refractivity contribution >= 4 is 34.3 Å². The number of aromatic nitrogens is 3. The summed E-state index contributed by atoms with van der Waals surface area (Å²) in [5.41, 5.74) is 2.72. The smallest absolute Gasteiger partial charge is 0.260 e. The number of hydrogen-bond acceptors (Lipinski definition) is 4. The molecule has 0 saturated carbocycles. The molecule has 2 aromatic heterocycles. The molecule has 0 bridgehead atoms. The lowest BCUT2D eigenvalue weighted by molar-refractivity contribution is 0.599. The Balaban J connectivity index is 1.84. The summed E-state index contributed by atoms with van der Waals surface area (Å²) in [5.74, 6) is 0.461. The minimum Gasteiger partial charge on any atom is -0.324 e. The molecule has 0 aliphatic rings. The van der Waals surface area contributed by atoms with Crippen LogP contribution in [0.3, 0.4) is 0 Å². The average molecular weight is 419 g/mol. The van der Waals surface area contributed by atoms with Gasteiger partial charge < -0.3 is 5.32 Å². The quantitative estimate of drug-likeness (QED) is 0.371. The lowest BCUT2D eigenvalue weighted by atomic mass is 10.1. The number of anilines is 2. The molecule has 5 nitrogen and oxygen atoms in total. The first-order chi connectivity index (χ1) is 14.7. The van der Waals surface area contributed by atoms with E-state index in [1.54, 1.807) is 16.8 Å². The summed E-state index contributed by atoms with van der Waals surface area (Å²) in [5, 5.41) is 4.57. The summed E-state index contributed by atoms with van der Waals surface area (Å²) >= 11 is 6.39. The topological polar surface area (TPSA) is 59.8 Å². The van der Waals surface area contributed by atoms with Gasteiger partial charge in [-0.25, -0.2) is 4.98 Å². The Morgan fingerprint density at radius 3 is 2.53 bits per heavy atom. The highest BCUT2D eigenvalue weighted by Gasteiger charge is 2.15. The molecule has 2 heterocycles. The van der Waals surface area contributed by atoms with E-state index in [1.807, 2.05) is 54.6 Å². The molecule has 1 N–H and O–H groups in total. The second-order valence-corrected chi connectivity index (χ2v) is 7.57. The number of benzene rings is 2. The Kier molecular flexibility index (Phi) is 6.10. The Labute approximate surface area is 180 Å². The Morgan fingerprint density at radius 2 is 1.77 bits per heavy atom. The van der Waals surface area contributed by atoms with E-state index < -0.39 is 0 Å². The molecule has 6 heteroatoms. The molecule has 152 valence electrons.